The molecule has 1 aliphatic carbocycles. The third-order valence-corrected chi connectivity index (χ3v) is 4.65. The molecule has 1 atom stereocenters. The van der Waals surface area contributed by atoms with Crippen molar-refractivity contribution in [1.82, 2.24) is 0 Å². The first kappa shape index (κ1) is 13.9. The minimum Gasteiger partial charge on any atom is -0.385 e. The molecule has 0 aliphatic heterocycles. The van der Waals surface area contributed by atoms with Crippen LogP contribution in [-0.2, 0) is 18.4 Å². The van der Waals surface area contributed by atoms with Gasteiger partial charge in [0.1, 0.15) is 0 Å². The lowest BCUT2D eigenvalue weighted by Gasteiger charge is -2.35. The topological polar surface area (TPSA) is 20.2 Å². The van der Waals surface area contributed by atoms with Gasteiger partial charge in [-0.15, -0.1) is 0 Å². The normalized spacial score (nSPS) is 21.6. The van der Waals surface area contributed by atoms with E-state index >= 15 is 0 Å². The van der Waals surface area contributed by atoms with Crippen LogP contribution in [0, 0.1) is 0 Å². The molecule has 20 heavy (non-hydrogen) atoms. The minimum atomic E-state index is -0.844. The number of hydrogen-bond donors (Lipinski definition) is 1. The van der Waals surface area contributed by atoms with Crippen LogP contribution in [0.3, 0.4) is 0 Å². The molecule has 0 radical (unpaired) electrons. The summed E-state index contributed by atoms with van der Waals surface area (Å²) in [5.41, 5.74) is 2.32. The maximum Gasteiger partial charge on any atom is 0.0940 e. The zero-order chi connectivity index (χ0) is 14.2. The quantitative estimate of drug-likeness (QED) is 0.848. The van der Waals surface area contributed by atoms with E-state index in [4.69, 9.17) is 23.2 Å². The molecule has 1 aliphatic rings. The van der Waals surface area contributed by atoms with Crippen molar-refractivity contribution in [2.24, 2.45) is 0 Å². The van der Waals surface area contributed by atoms with Crippen molar-refractivity contribution in [2.75, 3.05) is 0 Å². The number of fused-ring (bicyclic) bond motifs is 1. The molecule has 1 N–H and O–H groups in total. The van der Waals surface area contributed by atoms with Crippen molar-refractivity contribution in [1.29, 1.82) is 0 Å². The molecule has 2 aromatic rings. The van der Waals surface area contributed by atoms with E-state index in [-0.39, 0.29) is 0 Å². The summed E-state index contributed by atoms with van der Waals surface area (Å²) in [7, 11) is 0. The Morgan fingerprint density at radius 1 is 1.10 bits per heavy atom. The second-order valence-electron chi connectivity index (χ2n) is 5.45. The Hall–Kier alpha value is -1.02. The van der Waals surface area contributed by atoms with E-state index in [9.17, 15) is 5.11 Å². The summed E-state index contributed by atoms with van der Waals surface area (Å²) in [6.07, 6.45) is 3.28. The summed E-state index contributed by atoms with van der Waals surface area (Å²) >= 11 is 12.3. The highest BCUT2D eigenvalue weighted by atomic mass is 35.5. The predicted molar refractivity (Wildman–Crippen MR) is 83.4 cm³/mol. The minimum absolute atomic E-state index is 0.503. The third-order valence-electron chi connectivity index (χ3n) is 4.05. The number of aryl methyl sites for hydroxylation is 1. The zero-order valence-electron chi connectivity index (χ0n) is 11.1. The maximum atomic E-state index is 11.1. The van der Waals surface area contributed by atoms with Crippen LogP contribution in [0.15, 0.2) is 42.5 Å². The summed E-state index contributed by atoms with van der Waals surface area (Å²) in [6, 6.07) is 13.5. The monoisotopic (exact) mass is 306 g/mol. The van der Waals surface area contributed by atoms with Crippen LogP contribution in [0.1, 0.15) is 29.5 Å². The summed E-state index contributed by atoms with van der Waals surface area (Å²) < 4.78 is 0. The van der Waals surface area contributed by atoms with E-state index in [0.717, 1.165) is 30.4 Å². The van der Waals surface area contributed by atoms with Gasteiger partial charge >= 0.3 is 0 Å². The molecule has 0 amide bonds. The fourth-order valence-electron chi connectivity index (χ4n) is 3.08. The molecule has 0 heterocycles. The highest BCUT2D eigenvalue weighted by Crippen LogP contribution is 2.39. The van der Waals surface area contributed by atoms with Gasteiger partial charge in [0.15, 0.2) is 0 Å². The SMILES string of the molecule is OC1(Cc2cc(Cl)ccc2Cl)CCCc2ccccc21. The van der Waals surface area contributed by atoms with Crippen LogP contribution in [0.5, 0.6) is 0 Å². The van der Waals surface area contributed by atoms with Gasteiger partial charge < -0.3 is 5.11 Å². The standard InChI is InChI=1S/C17H16Cl2O/c18-14-7-8-16(19)13(10-14)11-17(20)9-3-5-12-4-1-2-6-15(12)17/h1-2,4,6-8,10,20H,3,5,9,11H2. The fourth-order valence-corrected chi connectivity index (χ4v) is 3.45. The van der Waals surface area contributed by atoms with E-state index in [1.165, 1.54) is 5.56 Å². The Morgan fingerprint density at radius 2 is 1.90 bits per heavy atom. The van der Waals surface area contributed by atoms with Gasteiger partial charge in [-0.2, -0.15) is 0 Å². The van der Waals surface area contributed by atoms with Crippen molar-refractivity contribution in [3.63, 3.8) is 0 Å². The predicted octanol–water partition coefficient (Wildman–Crippen LogP) is 4.76. The van der Waals surface area contributed by atoms with Gasteiger partial charge in [-0.1, -0.05) is 47.5 Å². The van der Waals surface area contributed by atoms with Gasteiger partial charge in [-0.05, 0) is 54.2 Å². The van der Waals surface area contributed by atoms with Crippen LogP contribution in [-0.4, -0.2) is 5.11 Å². The molecule has 1 nitrogen and oxygen atoms in total. The Bertz CT molecular complexity index is 639. The summed E-state index contributed by atoms with van der Waals surface area (Å²) in [5.74, 6) is 0. The fraction of sp³-hybridized carbons (Fsp3) is 0.294. The molecule has 0 fully saturated rings. The smallest absolute Gasteiger partial charge is 0.0940 e. The molecule has 2 aromatic carbocycles. The Balaban J connectivity index is 2.00. The number of aliphatic hydroxyl groups is 1. The van der Waals surface area contributed by atoms with Crippen molar-refractivity contribution < 1.29 is 5.11 Å². The molecule has 1 unspecified atom stereocenters. The lowest BCUT2D eigenvalue weighted by molar-refractivity contribution is 0.0190. The molecule has 3 rings (SSSR count). The molecule has 0 bridgehead atoms. The summed E-state index contributed by atoms with van der Waals surface area (Å²) in [6.45, 7) is 0. The van der Waals surface area contributed by atoms with Crippen LogP contribution >= 0.6 is 23.2 Å². The van der Waals surface area contributed by atoms with E-state index in [0.29, 0.717) is 16.5 Å². The maximum absolute atomic E-state index is 11.1. The van der Waals surface area contributed by atoms with Crippen LogP contribution in [0.2, 0.25) is 10.0 Å². The summed E-state index contributed by atoms with van der Waals surface area (Å²) in [4.78, 5) is 0. The number of benzene rings is 2. The van der Waals surface area contributed by atoms with Gasteiger partial charge in [0.25, 0.3) is 0 Å². The summed E-state index contributed by atoms with van der Waals surface area (Å²) in [5, 5.41) is 12.4. The Morgan fingerprint density at radius 3 is 2.75 bits per heavy atom. The van der Waals surface area contributed by atoms with Crippen molar-refractivity contribution >= 4 is 23.2 Å². The first-order valence-electron chi connectivity index (χ1n) is 6.83. The van der Waals surface area contributed by atoms with E-state index in [2.05, 4.69) is 6.07 Å². The van der Waals surface area contributed by atoms with Crippen molar-refractivity contribution in [3.8, 4) is 0 Å². The van der Waals surface area contributed by atoms with Gasteiger partial charge in [-0.25, -0.2) is 0 Å². The highest BCUT2D eigenvalue weighted by Gasteiger charge is 2.34. The van der Waals surface area contributed by atoms with Gasteiger partial charge in [0, 0.05) is 16.5 Å². The van der Waals surface area contributed by atoms with Crippen molar-refractivity contribution in [2.45, 2.75) is 31.3 Å². The van der Waals surface area contributed by atoms with Gasteiger partial charge in [-0.3, -0.25) is 0 Å². The molecular formula is C17H16Cl2O. The largest absolute Gasteiger partial charge is 0.385 e. The van der Waals surface area contributed by atoms with Gasteiger partial charge in [0.2, 0.25) is 0 Å². The second kappa shape index (κ2) is 5.40. The second-order valence-corrected chi connectivity index (χ2v) is 6.30. The van der Waals surface area contributed by atoms with E-state index in [1.807, 2.05) is 24.3 Å². The molecule has 0 saturated heterocycles. The number of hydrogen-bond acceptors (Lipinski definition) is 1. The third kappa shape index (κ3) is 2.58. The molecule has 104 valence electrons. The Labute approximate surface area is 129 Å². The molecule has 0 saturated carbocycles. The van der Waals surface area contributed by atoms with Crippen molar-refractivity contribution in [3.05, 3.63) is 69.2 Å². The molecule has 3 heteroatoms. The number of halogens is 2. The molecular weight excluding hydrogens is 291 g/mol. The first-order chi connectivity index (χ1) is 9.58. The van der Waals surface area contributed by atoms with E-state index < -0.39 is 5.60 Å². The Kier molecular flexibility index (Phi) is 3.76. The van der Waals surface area contributed by atoms with Crippen LogP contribution in [0.4, 0.5) is 0 Å². The lowest BCUT2D eigenvalue weighted by atomic mass is 9.76. The van der Waals surface area contributed by atoms with Crippen LogP contribution in [0.25, 0.3) is 0 Å². The van der Waals surface area contributed by atoms with Gasteiger partial charge in [0.05, 0.1) is 5.60 Å². The first-order valence-corrected chi connectivity index (χ1v) is 7.59. The molecule has 0 aromatic heterocycles. The molecule has 0 spiro atoms. The highest BCUT2D eigenvalue weighted by molar-refractivity contribution is 6.33. The zero-order valence-corrected chi connectivity index (χ0v) is 12.6. The van der Waals surface area contributed by atoms with E-state index in [1.54, 1.807) is 12.1 Å². The average Bonchev–Trinajstić information content (AvgIpc) is 2.43. The lowest BCUT2D eigenvalue weighted by Crippen LogP contribution is -2.33. The van der Waals surface area contributed by atoms with Crippen LogP contribution < -0.4 is 0 Å². The average molecular weight is 307 g/mol. The number of rotatable bonds is 2.